The van der Waals surface area contributed by atoms with Gasteiger partial charge in [-0.15, -0.1) is 34.0 Å². The summed E-state index contributed by atoms with van der Waals surface area (Å²) >= 11 is 5.19. The van der Waals surface area contributed by atoms with Gasteiger partial charge in [0.1, 0.15) is 14.5 Å². The van der Waals surface area contributed by atoms with Gasteiger partial charge in [0, 0.05) is 156 Å². The number of nitrogens with zero attached hydrogens (tertiary/aromatic N) is 12. The van der Waals surface area contributed by atoms with Crippen molar-refractivity contribution in [1.29, 1.82) is 0 Å². The van der Waals surface area contributed by atoms with E-state index in [0.29, 0.717) is 17.7 Å². The molecule has 0 bridgehead atoms. The summed E-state index contributed by atoms with van der Waals surface area (Å²) < 4.78 is 17.5. The van der Waals surface area contributed by atoms with Gasteiger partial charge in [0.25, 0.3) is 0 Å². The maximum absolute atomic E-state index is 5.45. The average molecular weight is 1850 g/mol. The zero-order valence-electron chi connectivity index (χ0n) is 75.5. The van der Waals surface area contributed by atoms with Crippen LogP contribution in [0, 0.1) is 0 Å². The van der Waals surface area contributed by atoms with E-state index >= 15 is 0 Å². The van der Waals surface area contributed by atoms with Crippen molar-refractivity contribution in [3.8, 4) is 79.8 Å². The van der Waals surface area contributed by atoms with Crippen LogP contribution in [0.1, 0.15) is 0 Å². The van der Waals surface area contributed by atoms with Crippen LogP contribution >= 0.6 is 34.0 Å². The lowest BCUT2D eigenvalue weighted by atomic mass is 10.0. The molecule has 0 aliphatic rings. The second kappa shape index (κ2) is 32.3. The molecule has 15 heteroatoms. The van der Waals surface area contributed by atoms with Crippen LogP contribution in [0.3, 0.4) is 0 Å². The Bertz CT molecular complexity index is 10400. The first-order chi connectivity index (χ1) is 70.0. The molecule has 0 aliphatic carbocycles. The highest BCUT2D eigenvalue weighted by molar-refractivity contribution is 7.26. The van der Waals surface area contributed by atoms with E-state index in [1.54, 1.807) is 34.0 Å². The number of fused-ring (bicyclic) bond motifs is 27. The lowest BCUT2D eigenvalue weighted by Gasteiger charge is -2.13. The molecule has 0 unspecified atom stereocenters. The topological polar surface area (TPSA) is 107 Å². The van der Waals surface area contributed by atoms with E-state index in [-0.39, 0.29) is 0 Å². The van der Waals surface area contributed by atoms with E-state index in [9.17, 15) is 0 Å². The predicted octanol–water partition coefficient (Wildman–Crippen LogP) is 33.8. The molecule has 12 heterocycles. The third kappa shape index (κ3) is 12.7. The van der Waals surface area contributed by atoms with Gasteiger partial charge in [-0.1, -0.05) is 315 Å². The summed E-state index contributed by atoms with van der Waals surface area (Å²) in [6.45, 7) is 0. The summed E-state index contributed by atoms with van der Waals surface area (Å²) in [4.78, 5) is 35.1. The first-order valence-corrected chi connectivity index (χ1v) is 49.8. The zero-order valence-corrected chi connectivity index (χ0v) is 77.9. The Labute approximate surface area is 817 Å². The van der Waals surface area contributed by atoms with Crippen molar-refractivity contribution in [2.45, 2.75) is 0 Å². The van der Waals surface area contributed by atoms with Crippen molar-refractivity contribution >= 4 is 226 Å². The smallest absolute Gasteiger partial charge is 0.236 e. The summed E-state index contributed by atoms with van der Waals surface area (Å²) in [5.41, 5.74) is 25.4. The van der Waals surface area contributed by atoms with Gasteiger partial charge in [-0.2, -0.15) is 0 Å². The van der Waals surface area contributed by atoms with Crippen LogP contribution in [-0.2, 0) is 0 Å². The SMILES string of the molecule is c1cc(-c2nc(-c3cccc(-n4c5ccccc5c5ccccc54)c3)c3c(n2)sc2ccccc23)cc(-n2c3ccccc3c3ccccc32)c1.c1ccc(-n2c3ccccc3c3cc(-c4nc(-n5c6ccccc6c6ccccc65)nc5sc6ccccc6c45)ccc32)cc1.c1ccc(-n2c3ccccc3c3ccc(-c4nc(-n5c6ccccc6c6ccccc65)nc5sc6ccccc6c45)cc32)cc1. The van der Waals surface area contributed by atoms with E-state index in [4.69, 9.17) is 29.9 Å². The number of aromatic nitrogens is 12. The Balaban J connectivity index is 0.000000102. The summed E-state index contributed by atoms with van der Waals surface area (Å²) in [7, 11) is 0. The second-order valence-electron chi connectivity index (χ2n) is 35.9. The molecule has 12 nitrogen and oxygen atoms in total. The predicted molar refractivity (Wildman–Crippen MR) is 593 cm³/mol. The molecule has 31 aromatic rings. The van der Waals surface area contributed by atoms with Crippen LogP contribution in [0.25, 0.3) is 272 Å². The van der Waals surface area contributed by atoms with Gasteiger partial charge >= 0.3 is 0 Å². The molecule has 0 atom stereocenters. The lowest BCUT2D eigenvalue weighted by Crippen LogP contribution is -2.02. The highest BCUT2D eigenvalue weighted by atomic mass is 32.1. The van der Waals surface area contributed by atoms with E-state index in [0.717, 1.165) is 120 Å². The number of thiophene rings is 3. The Morgan fingerprint density at radius 3 is 0.787 bits per heavy atom. The lowest BCUT2D eigenvalue weighted by molar-refractivity contribution is 1.02. The average Bonchev–Trinajstić information content (AvgIpc) is 1.57. The van der Waals surface area contributed by atoms with Crippen LogP contribution in [-0.4, -0.2) is 57.3 Å². The maximum atomic E-state index is 5.45. The standard InChI is InChI=1S/C46H28N4S.2C40H24N4S/c1-6-22-38-33(17-1)34-18-2-7-23-39(34)49(38)31-15-11-13-29(27-31)44-43-37-21-5-10-26-42(37)51-46(43)48-45(47-44)30-14-12-16-32(28-30)50-40-24-8-3-19-35(40)36-20-4-9-25-41(36)50;1-2-12-26(13-3-1)43-32-18-8-6-16-29(32)31-24-25(22-23-35(31)43)38-37-30-17-7-11-21-36(30)45-39(37)42-40(41-38)44-33-19-9-4-14-27(33)28-15-5-10-20-34(28)44;1-2-12-26(13-3-1)43-32-18-8-4-16-29(32)30-23-22-25(24-35(30)43)38-37-31-17-7-11-21-36(31)45-39(37)42-40(41-38)44-33-19-9-5-14-27(33)28-15-6-10-20-34(28)44/h1-28H;2*1-24H. The van der Waals surface area contributed by atoms with Gasteiger partial charge < -0.3 is 18.3 Å². The molecule has 0 spiro atoms. The fourth-order valence-electron chi connectivity index (χ4n) is 22.0. The number of hydrogen-bond donors (Lipinski definition) is 0. The summed E-state index contributed by atoms with van der Waals surface area (Å²) in [5.74, 6) is 2.09. The second-order valence-corrected chi connectivity index (χ2v) is 39.0. The quantitative estimate of drug-likeness (QED) is 0.135. The Hall–Kier alpha value is -18.1. The number of para-hydroxylation sites is 12. The molecule has 0 saturated heterocycles. The Morgan fingerprint density at radius 1 is 0.149 bits per heavy atom. The van der Waals surface area contributed by atoms with Crippen molar-refractivity contribution in [3.63, 3.8) is 0 Å². The van der Waals surface area contributed by atoms with Crippen molar-refractivity contribution in [2.75, 3.05) is 0 Å². The van der Waals surface area contributed by atoms with Crippen molar-refractivity contribution in [1.82, 2.24) is 57.3 Å². The van der Waals surface area contributed by atoms with Crippen LogP contribution in [0.4, 0.5) is 0 Å². The molecule has 658 valence electrons. The molecular formula is C126H76N12S3. The normalized spacial score (nSPS) is 12.0. The number of benzene rings is 19. The molecule has 0 N–H and O–H groups in total. The van der Waals surface area contributed by atoms with Gasteiger partial charge in [-0.3, -0.25) is 9.13 Å². The van der Waals surface area contributed by atoms with Crippen molar-refractivity contribution in [3.05, 3.63) is 461 Å². The fraction of sp³-hybridized carbons (Fsp3) is 0. The third-order valence-electron chi connectivity index (χ3n) is 28.1. The van der Waals surface area contributed by atoms with Crippen LogP contribution < -0.4 is 0 Å². The molecule has 12 aromatic heterocycles. The van der Waals surface area contributed by atoms with Crippen LogP contribution in [0.5, 0.6) is 0 Å². The van der Waals surface area contributed by atoms with Crippen LogP contribution in [0.2, 0.25) is 0 Å². The molecule has 0 saturated carbocycles. The molecule has 19 aromatic carbocycles. The first kappa shape index (κ1) is 80.2. The van der Waals surface area contributed by atoms with Gasteiger partial charge in [-0.05, 0) is 146 Å². The minimum atomic E-state index is 0.685. The molecule has 141 heavy (non-hydrogen) atoms. The molecule has 0 radical (unpaired) electrons. The van der Waals surface area contributed by atoms with Gasteiger partial charge in [0.2, 0.25) is 11.9 Å². The molecule has 0 amide bonds. The zero-order chi connectivity index (χ0) is 92.4. The summed E-state index contributed by atoms with van der Waals surface area (Å²) in [5, 5.41) is 21.5. The summed E-state index contributed by atoms with van der Waals surface area (Å²) in [6, 6.07) is 164. The number of rotatable bonds is 10. The first-order valence-electron chi connectivity index (χ1n) is 47.4. The molecule has 0 fully saturated rings. The summed E-state index contributed by atoms with van der Waals surface area (Å²) in [6.07, 6.45) is 0. The highest BCUT2D eigenvalue weighted by Gasteiger charge is 2.28. The minimum Gasteiger partial charge on any atom is -0.309 e. The fourth-order valence-corrected chi connectivity index (χ4v) is 25.2. The molecule has 0 aliphatic heterocycles. The minimum absolute atomic E-state index is 0.685. The van der Waals surface area contributed by atoms with Gasteiger partial charge in [0.05, 0.1) is 83.3 Å². The highest BCUT2D eigenvalue weighted by Crippen LogP contribution is 2.48. The Morgan fingerprint density at radius 2 is 0.404 bits per heavy atom. The maximum Gasteiger partial charge on any atom is 0.236 e. The van der Waals surface area contributed by atoms with E-state index < -0.39 is 0 Å². The van der Waals surface area contributed by atoms with Gasteiger partial charge in [0.15, 0.2) is 5.82 Å². The molecular weight excluding hydrogens is 1780 g/mol. The molecule has 31 rings (SSSR count). The number of hydrogen-bond acceptors (Lipinski definition) is 9. The van der Waals surface area contributed by atoms with E-state index in [1.165, 1.54) is 134 Å². The van der Waals surface area contributed by atoms with Gasteiger partial charge in [-0.25, -0.2) is 29.9 Å². The van der Waals surface area contributed by atoms with Crippen molar-refractivity contribution < 1.29 is 0 Å². The van der Waals surface area contributed by atoms with Crippen molar-refractivity contribution in [2.24, 2.45) is 0 Å². The monoisotopic (exact) mass is 1850 g/mol. The van der Waals surface area contributed by atoms with E-state index in [2.05, 4.69) is 488 Å². The largest absolute Gasteiger partial charge is 0.309 e. The third-order valence-corrected chi connectivity index (χ3v) is 31.3. The Kier molecular flexibility index (Phi) is 18.4. The van der Waals surface area contributed by atoms with Crippen LogP contribution in [0.15, 0.2) is 461 Å². The van der Waals surface area contributed by atoms with E-state index in [1.807, 2.05) is 0 Å².